The minimum atomic E-state index is -0.0818. The highest BCUT2D eigenvalue weighted by Crippen LogP contribution is 2.26. The Morgan fingerprint density at radius 3 is 2.42 bits per heavy atom. The molecule has 7 heteroatoms. The van der Waals surface area contributed by atoms with Gasteiger partial charge in [-0.3, -0.25) is 9.59 Å². The highest BCUT2D eigenvalue weighted by Gasteiger charge is 2.21. The van der Waals surface area contributed by atoms with E-state index >= 15 is 0 Å². The summed E-state index contributed by atoms with van der Waals surface area (Å²) in [5.74, 6) is 0.402. The van der Waals surface area contributed by atoms with Gasteiger partial charge in [-0.05, 0) is 30.3 Å². The van der Waals surface area contributed by atoms with Crippen LogP contribution in [0.1, 0.15) is 33.6 Å². The minimum absolute atomic E-state index is 0.0818. The van der Waals surface area contributed by atoms with Crippen LogP contribution in [0.25, 0.3) is 0 Å². The van der Waals surface area contributed by atoms with Crippen molar-refractivity contribution < 1.29 is 9.59 Å². The maximum Gasteiger partial charge on any atom is 0.226 e. The number of thiocarbonyl (C=S) groups is 1. The van der Waals surface area contributed by atoms with Crippen molar-refractivity contribution in [1.29, 1.82) is 0 Å². The quantitative estimate of drug-likeness (QED) is 0.774. The van der Waals surface area contributed by atoms with Crippen molar-refractivity contribution in [3.05, 3.63) is 24.3 Å². The van der Waals surface area contributed by atoms with Crippen molar-refractivity contribution in [2.45, 2.75) is 33.6 Å². The molecule has 0 aliphatic carbocycles. The highest BCUT2D eigenvalue weighted by atomic mass is 32.1. The summed E-state index contributed by atoms with van der Waals surface area (Å²) in [6, 6.07) is 7.88. The lowest BCUT2D eigenvalue weighted by Crippen LogP contribution is -2.48. The Hall–Kier alpha value is -2.15. The van der Waals surface area contributed by atoms with Gasteiger partial charge in [-0.15, -0.1) is 0 Å². The Morgan fingerprint density at radius 2 is 1.81 bits per heavy atom. The maximum atomic E-state index is 11.9. The smallest absolute Gasteiger partial charge is 0.226 e. The van der Waals surface area contributed by atoms with Crippen LogP contribution in [-0.4, -0.2) is 48.0 Å². The third-order valence-electron chi connectivity index (χ3n) is 4.27. The van der Waals surface area contributed by atoms with E-state index in [-0.39, 0.29) is 17.7 Å². The lowest BCUT2D eigenvalue weighted by Gasteiger charge is -2.37. The van der Waals surface area contributed by atoms with E-state index in [0.717, 1.165) is 37.6 Å². The Morgan fingerprint density at radius 1 is 1.15 bits per heavy atom. The van der Waals surface area contributed by atoms with Gasteiger partial charge >= 0.3 is 0 Å². The molecule has 0 saturated carbocycles. The van der Waals surface area contributed by atoms with E-state index in [1.54, 1.807) is 0 Å². The number of hydrogen-bond acceptors (Lipinski definition) is 4. The molecule has 0 bridgehead atoms. The zero-order valence-electron chi connectivity index (χ0n) is 15.7. The van der Waals surface area contributed by atoms with Crippen molar-refractivity contribution in [2.24, 2.45) is 5.92 Å². The normalized spacial score (nSPS) is 14.3. The number of nitrogens with zero attached hydrogens (tertiary/aromatic N) is 2. The molecule has 2 amide bonds. The zero-order valence-corrected chi connectivity index (χ0v) is 16.6. The van der Waals surface area contributed by atoms with E-state index in [4.69, 9.17) is 12.2 Å². The number of benzene rings is 1. The molecule has 6 nitrogen and oxygen atoms in total. The van der Waals surface area contributed by atoms with E-state index in [1.807, 2.05) is 49.9 Å². The predicted molar refractivity (Wildman–Crippen MR) is 109 cm³/mol. The zero-order chi connectivity index (χ0) is 19.1. The third kappa shape index (κ3) is 5.69. The van der Waals surface area contributed by atoms with Crippen LogP contribution in [0.5, 0.6) is 0 Å². The van der Waals surface area contributed by atoms with Gasteiger partial charge in [0.25, 0.3) is 0 Å². The summed E-state index contributed by atoms with van der Waals surface area (Å²) in [6.07, 6.45) is 0.985. The largest absolute Gasteiger partial charge is 0.366 e. The monoisotopic (exact) mass is 376 g/mol. The van der Waals surface area contributed by atoms with Gasteiger partial charge < -0.3 is 20.4 Å². The molecule has 1 saturated heterocycles. The van der Waals surface area contributed by atoms with Crippen LogP contribution in [0.15, 0.2) is 24.3 Å². The molecule has 0 atom stereocenters. The standard InChI is InChI=1S/C19H28N4O2S/c1-4-18(25)23-11-9-22(10-12-23)16-8-6-5-7-15(16)20-19(26)21-17(24)13-14(2)3/h5-8,14H,4,9-13H2,1-3H3,(H2,20,21,24,26). The summed E-state index contributed by atoms with van der Waals surface area (Å²) in [6.45, 7) is 8.87. The molecule has 2 rings (SSSR count). The van der Waals surface area contributed by atoms with Gasteiger partial charge in [0.15, 0.2) is 5.11 Å². The van der Waals surface area contributed by atoms with Crippen LogP contribution < -0.4 is 15.5 Å². The summed E-state index contributed by atoms with van der Waals surface area (Å²) in [5.41, 5.74) is 1.88. The van der Waals surface area contributed by atoms with Crippen LogP contribution >= 0.6 is 12.2 Å². The fourth-order valence-corrected chi connectivity index (χ4v) is 3.20. The van der Waals surface area contributed by atoms with Crippen LogP contribution in [0.4, 0.5) is 11.4 Å². The Balaban J connectivity index is 1.99. The topological polar surface area (TPSA) is 64.7 Å². The van der Waals surface area contributed by atoms with E-state index < -0.39 is 0 Å². The van der Waals surface area contributed by atoms with Crippen LogP contribution in [0.3, 0.4) is 0 Å². The molecule has 142 valence electrons. The first kappa shape index (κ1) is 20.2. The molecule has 1 aliphatic heterocycles. The second-order valence-corrected chi connectivity index (χ2v) is 7.25. The molecule has 1 fully saturated rings. The first-order valence-electron chi connectivity index (χ1n) is 9.13. The van der Waals surface area contributed by atoms with Gasteiger partial charge in [-0.1, -0.05) is 32.9 Å². The number of anilines is 2. The van der Waals surface area contributed by atoms with Crippen molar-refractivity contribution in [2.75, 3.05) is 36.4 Å². The summed E-state index contributed by atoms with van der Waals surface area (Å²) < 4.78 is 0. The lowest BCUT2D eigenvalue weighted by atomic mass is 10.1. The predicted octanol–water partition coefficient (Wildman–Crippen LogP) is 2.60. The molecule has 1 aromatic rings. The average Bonchev–Trinajstić information content (AvgIpc) is 2.60. The molecule has 1 aromatic carbocycles. The lowest BCUT2D eigenvalue weighted by molar-refractivity contribution is -0.131. The third-order valence-corrected chi connectivity index (χ3v) is 4.48. The molecule has 2 N–H and O–H groups in total. The van der Waals surface area contributed by atoms with Gasteiger partial charge in [0.05, 0.1) is 11.4 Å². The van der Waals surface area contributed by atoms with E-state index in [2.05, 4.69) is 15.5 Å². The van der Waals surface area contributed by atoms with Crippen molar-refractivity contribution in [3.63, 3.8) is 0 Å². The van der Waals surface area contributed by atoms with Gasteiger partial charge in [0.1, 0.15) is 0 Å². The average molecular weight is 377 g/mol. The molecular weight excluding hydrogens is 348 g/mol. The number of piperazine rings is 1. The molecule has 1 aliphatic rings. The second kappa shape index (κ2) is 9.52. The first-order chi connectivity index (χ1) is 12.4. The number of para-hydroxylation sites is 2. The number of nitrogens with one attached hydrogen (secondary N) is 2. The Kier molecular flexibility index (Phi) is 7.38. The molecule has 1 heterocycles. The van der Waals surface area contributed by atoms with Crippen molar-refractivity contribution in [1.82, 2.24) is 10.2 Å². The molecule has 0 aromatic heterocycles. The van der Waals surface area contributed by atoms with Crippen molar-refractivity contribution in [3.8, 4) is 0 Å². The van der Waals surface area contributed by atoms with Crippen LogP contribution in [-0.2, 0) is 9.59 Å². The number of carbonyl (C=O) groups excluding carboxylic acids is 2. The van der Waals surface area contributed by atoms with Gasteiger partial charge in [-0.2, -0.15) is 0 Å². The van der Waals surface area contributed by atoms with Crippen LogP contribution in [0.2, 0.25) is 0 Å². The molecule has 0 unspecified atom stereocenters. The fraction of sp³-hybridized carbons (Fsp3) is 0.526. The Bertz CT molecular complexity index is 655. The van der Waals surface area contributed by atoms with Crippen LogP contribution in [0, 0.1) is 5.92 Å². The fourth-order valence-electron chi connectivity index (χ4n) is 2.98. The van der Waals surface area contributed by atoms with Gasteiger partial charge in [0, 0.05) is 39.0 Å². The van der Waals surface area contributed by atoms with Gasteiger partial charge in [-0.25, -0.2) is 0 Å². The van der Waals surface area contributed by atoms with E-state index in [1.165, 1.54) is 0 Å². The number of carbonyl (C=O) groups is 2. The first-order valence-corrected chi connectivity index (χ1v) is 9.54. The second-order valence-electron chi connectivity index (χ2n) is 6.84. The summed E-state index contributed by atoms with van der Waals surface area (Å²) in [4.78, 5) is 27.9. The minimum Gasteiger partial charge on any atom is -0.366 e. The SMILES string of the molecule is CCC(=O)N1CCN(c2ccccc2NC(=S)NC(=O)CC(C)C)CC1. The highest BCUT2D eigenvalue weighted by molar-refractivity contribution is 7.80. The summed E-state index contributed by atoms with van der Waals surface area (Å²) >= 11 is 5.28. The number of hydrogen-bond donors (Lipinski definition) is 2. The summed E-state index contributed by atoms with van der Waals surface area (Å²) in [7, 11) is 0. The maximum absolute atomic E-state index is 11.9. The molecule has 26 heavy (non-hydrogen) atoms. The molecule has 0 spiro atoms. The van der Waals surface area contributed by atoms with E-state index in [0.29, 0.717) is 18.0 Å². The van der Waals surface area contributed by atoms with E-state index in [9.17, 15) is 9.59 Å². The summed E-state index contributed by atoms with van der Waals surface area (Å²) in [5, 5.41) is 6.17. The molecular formula is C19H28N4O2S. The van der Waals surface area contributed by atoms with Gasteiger partial charge in [0.2, 0.25) is 11.8 Å². The number of amides is 2. The number of rotatable bonds is 5. The molecule has 0 radical (unpaired) electrons. The van der Waals surface area contributed by atoms with Crippen molar-refractivity contribution >= 4 is 40.5 Å². The Labute approximate surface area is 160 Å².